The maximum Gasteiger partial charge on any atom is 0.419 e. The van der Waals surface area contributed by atoms with Crippen molar-refractivity contribution in [3.63, 3.8) is 0 Å². The molecule has 0 radical (unpaired) electrons. The van der Waals surface area contributed by atoms with Gasteiger partial charge in [-0.2, -0.15) is 0 Å². The van der Waals surface area contributed by atoms with Crippen molar-refractivity contribution in [2.75, 3.05) is 6.54 Å². The molecule has 2 heterocycles. The second kappa shape index (κ2) is 9.37. The Labute approximate surface area is 207 Å². The number of nitrogens with zero attached hydrogens (tertiary/aromatic N) is 2. The molecule has 0 aliphatic carbocycles. The largest absolute Gasteiger partial charge is 0.444 e. The summed E-state index contributed by atoms with van der Waals surface area (Å²) in [7, 11) is 0. The molecule has 3 rings (SSSR count). The van der Waals surface area contributed by atoms with E-state index in [1.807, 2.05) is 59.7 Å². The molecule has 1 aliphatic heterocycles. The fraction of sp³-hybridized carbons (Fsp3) is 0.407. The number of carbonyl (C=O) groups is 2. The molecule has 7 heteroatoms. The van der Waals surface area contributed by atoms with Crippen LogP contribution in [-0.4, -0.2) is 39.4 Å². The van der Waals surface area contributed by atoms with E-state index in [9.17, 15) is 9.59 Å². The lowest BCUT2D eigenvalue weighted by Crippen LogP contribution is -2.44. The Morgan fingerprint density at radius 3 is 2.24 bits per heavy atom. The van der Waals surface area contributed by atoms with Crippen LogP contribution >= 0.6 is 12.6 Å². The van der Waals surface area contributed by atoms with Crippen LogP contribution in [0.1, 0.15) is 58.8 Å². The second-order valence-electron chi connectivity index (χ2n) is 10.3. The number of amides is 1. The zero-order chi connectivity index (χ0) is 25.4. The van der Waals surface area contributed by atoms with Crippen LogP contribution in [0.25, 0.3) is 10.9 Å². The highest BCUT2D eigenvalue weighted by molar-refractivity contribution is 7.80. The fourth-order valence-corrected chi connectivity index (χ4v) is 4.39. The predicted octanol–water partition coefficient (Wildman–Crippen LogP) is 6.85. The van der Waals surface area contributed by atoms with Gasteiger partial charge in [0.25, 0.3) is 0 Å². The van der Waals surface area contributed by atoms with Gasteiger partial charge in [0.15, 0.2) is 0 Å². The number of hydrogen-bond donors (Lipinski definition) is 1. The number of benzene rings is 1. The van der Waals surface area contributed by atoms with Gasteiger partial charge in [-0.1, -0.05) is 31.4 Å². The molecule has 1 aliphatic rings. The van der Waals surface area contributed by atoms with Crippen LogP contribution in [0.4, 0.5) is 9.59 Å². The Hall–Kier alpha value is -2.93. The highest BCUT2D eigenvalue weighted by Crippen LogP contribution is 2.42. The van der Waals surface area contributed by atoms with Gasteiger partial charge >= 0.3 is 12.2 Å². The first-order chi connectivity index (χ1) is 15.8. The number of thiol groups is 1. The summed E-state index contributed by atoms with van der Waals surface area (Å²) >= 11 is 4.52. The number of fused-ring (bicyclic) bond motifs is 3. The summed E-state index contributed by atoms with van der Waals surface area (Å²) in [6.45, 7) is 19.2. The Bertz CT molecular complexity index is 1180. The van der Waals surface area contributed by atoms with Crippen molar-refractivity contribution in [2.45, 2.75) is 70.1 Å². The molecule has 0 bridgehead atoms. The molecule has 0 saturated heterocycles. The first kappa shape index (κ1) is 25.7. The van der Waals surface area contributed by atoms with Gasteiger partial charge in [0, 0.05) is 16.8 Å². The number of aromatic nitrogens is 1. The lowest BCUT2D eigenvalue weighted by atomic mass is 9.92. The maximum atomic E-state index is 13.5. The number of ether oxygens (including phenoxy) is 2. The van der Waals surface area contributed by atoms with Crippen LogP contribution in [0.2, 0.25) is 0 Å². The van der Waals surface area contributed by atoms with E-state index in [0.29, 0.717) is 24.2 Å². The van der Waals surface area contributed by atoms with Crippen LogP contribution in [0.3, 0.4) is 0 Å². The summed E-state index contributed by atoms with van der Waals surface area (Å²) in [6.07, 6.45) is 4.70. The molecule has 0 saturated carbocycles. The van der Waals surface area contributed by atoms with E-state index in [4.69, 9.17) is 9.47 Å². The standard InChI is InChI=1S/C27H34N2O4S/c1-9-11-17(10-2)22-23-19(14-15-28(22)24(30)32-26(3,4)5)20-16-18(34)12-13-21(20)29(23)25(31)33-27(6,7)8/h9-13,16,22,34H,1-2,14-15H2,3-8H3/b17-11+. The van der Waals surface area contributed by atoms with Gasteiger partial charge < -0.3 is 9.47 Å². The summed E-state index contributed by atoms with van der Waals surface area (Å²) in [6, 6.07) is 5.03. The Balaban J connectivity index is 2.34. The molecule has 182 valence electrons. The third-order valence-corrected chi connectivity index (χ3v) is 5.61. The second-order valence-corrected chi connectivity index (χ2v) is 10.8. The molecule has 6 nitrogen and oxygen atoms in total. The van der Waals surface area contributed by atoms with Crippen molar-refractivity contribution in [3.05, 3.63) is 66.4 Å². The predicted molar refractivity (Wildman–Crippen MR) is 139 cm³/mol. The van der Waals surface area contributed by atoms with E-state index >= 15 is 0 Å². The van der Waals surface area contributed by atoms with Crippen molar-refractivity contribution in [2.24, 2.45) is 0 Å². The zero-order valence-corrected chi connectivity index (χ0v) is 21.7. The van der Waals surface area contributed by atoms with E-state index in [1.54, 1.807) is 27.7 Å². The lowest BCUT2D eigenvalue weighted by molar-refractivity contribution is 0.0163. The minimum absolute atomic E-state index is 0.416. The van der Waals surface area contributed by atoms with Gasteiger partial charge in [0.1, 0.15) is 17.2 Å². The summed E-state index contributed by atoms with van der Waals surface area (Å²) in [5, 5.41) is 0.907. The maximum absolute atomic E-state index is 13.5. The summed E-state index contributed by atoms with van der Waals surface area (Å²) < 4.78 is 13.1. The van der Waals surface area contributed by atoms with Gasteiger partial charge in [0.2, 0.25) is 0 Å². The minimum Gasteiger partial charge on any atom is -0.444 e. The Morgan fingerprint density at radius 2 is 1.68 bits per heavy atom. The zero-order valence-electron chi connectivity index (χ0n) is 20.8. The summed E-state index contributed by atoms with van der Waals surface area (Å²) in [4.78, 5) is 29.3. The van der Waals surface area contributed by atoms with Crippen molar-refractivity contribution in [1.82, 2.24) is 9.47 Å². The summed E-state index contributed by atoms with van der Waals surface area (Å²) in [5.41, 5.74) is 1.69. The molecule has 1 aromatic heterocycles. The molecular formula is C27H34N2O4S. The van der Waals surface area contributed by atoms with Crippen LogP contribution < -0.4 is 0 Å². The fourth-order valence-electron chi connectivity index (χ4n) is 4.19. The molecule has 0 fully saturated rings. The first-order valence-electron chi connectivity index (χ1n) is 11.3. The topological polar surface area (TPSA) is 60.8 Å². The highest BCUT2D eigenvalue weighted by Gasteiger charge is 2.40. The first-order valence-corrected chi connectivity index (χ1v) is 11.8. The van der Waals surface area contributed by atoms with Gasteiger partial charge in [-0.15, -0.1) is 12.6 Å². The number of allylic oxidation sites excluding steroid dienone is 2. The molecule has 0 N–H and O–H groups in total. The van der Waals surface area contributed by atoms with E-state index in [-0.39, 0.29) is 0 Å². The number of carbonyl (C=O) groups excluding carboxylic acids is 2. The monoisotopic (exact) mass is 482 g/mol. The number of hydrogen-bond acceptors (Lipinski definition) is 5. The lowest BCUT2D eigenvalue weighted by Gasteiger charge is -2.38. The average Bonchev–Trinajstić information content (AvgIpc) is 3.02. The van der Waals surface area contributed by atoms with Crippen LogP contribution in [0.5, 0.6) is 0 Å². The van der Waals surface area contributed by atoms with Gasteiger partial charge in [-0.25, -0.2) is 14.2 Å². The molecule has 2 aromatic rings. The quantitative estimate of drug-likeness (QED) is 0.384. The van der Waals surface area contributed by atoms with Gasteiger partial charge in [0.05, 0.1) is 11.2 Å². The molecule has 1 unspecified atom stereocenters. The molecule has 34 heavy (non-hydrogen) atoms. The van der Waals surface area contributed by atoms with Crippen LogP contribution in [0, 0.1) is 0 Å². The van der Waals surface area contributed by atoms with Gasteiger partial charge in [-0.05, 0) is 77.3 Å². The smallest absolute Gasteiger partial charge is 0.419 e. The molecular weight excluding hydrogens is 448 g/mol. The van der Waals surface area contributed by atoms with E-state index in [1.165, 1.54) is 0 Å². The van der Waals surface area contributed by atoms with Gasteiger partial charge in [-0.3, -0.25) is 4.90 Å². The van der Waals surface area contributed by atoms with Crippen molar-refractivity contribution in [1.29, 1.82) is 0 Å². The molecule has 0 spiro atoms. The van der Waals surface area contributed by atoms with Crippen molar-refractivity contribution >= 4 is 35.7 Å². The molecule has 1 aromatic carbocycles. The van der Waals surface area contributed by atoms with Crippen LogP contribution in [0.15, 0.2) is 60.1 Å². The third kappa shape index (κ3) is 5.25. The Morgan fingerprint density at radius 1 is 1.06 bits per heavy atom. The average molecular weight is 483 g/mol. The molecule has 1 amide bonds. The minimum atomic E-state index is -0.697. The van der Waals surface area contributed by atoms with E-state index in [2.05, 4.69) is 25.8 Å². The summed E-state index contributed by atoms with van der Waals surface area (Å²) in [5.74, 6) is 0. The molecule has 1 atom stereocenters. The van der Waals surface area contributed by atoms with E-state index < -0.39 is 29.4 Å². The Kier molecular flexibility index (Phi) is 7.08. The van der Waals surface area contributed by atoms with Crippen LogP contribution in [-0.2, 0) is 15.9 Å². The van der Waals surface area contributed by atoms with Crippen molar-refractivity contribution in [3.8, 4) is 0 Å². The number of rotatable bonds is 3. The normalized spacial score (nSPS) is 16.7. The van der Waals surface area contributed by atoms with E-state index in [0.717, 1.165) is 21.4 Å². The third-order valence-electron chi connectivity index (χ3n) is 5.34. The van der Waals surface area contributed by atoms with Crippen molar-refractivity contribution < 1.29 is 19.1 Å². The highest BCUT2D eigenvalue weighted by atomic mass is 32.1. The SMILES string of the molecule is C=C/C=C(\C=C)C1c2c(c3cc(S)ccc3n2C(=O)OC(C)(C)C)CCN1C(=O)OC(C)(C)C.